The van der Waals surface area contributed by atoms with Crippen LogP contribution in [-0.4, -0.2) is 21.9 Å². The normalized spacial score (nSPS) is 10.4. The molecule has 0 aliphatic heterocycles. The SMILES string of the molecule is COc1ccccc1-c1ccnn1-c1ccccn1. The van der Waals surface area contributed by atoms with E-state index < -0.39 is 0 Å². The smallest absolute Gasteiger partial charge is 0.153 e. The van der Waals surface area contributed by atoms with Crippen LogP contribution in [-0.2, 0) is 0 Å². The zero-order chi connectivity index (χ0) is 13.1. The molecule has 3 rings (SSSR count). The Kier molecular flexibility index (Phi) is 2.98. The molecule has 0 fully saturated rings. The van der Waals surface area contributed by atoms with Gasteiger partial charge in [0.15, 0.2) is 5.82 Å². The summed E-state index contributed by atoms with van der Waals surface area (Å²) in [6, 6.07) is 15.6. The Labute approximate surface area is 111 Å². The minimum absolute atomic E-state index is 0.786. The van der Waals surface area contributed by atoms with Crippen LogP contribution in [0.1, 0.15) is 0 Å². The van der Waals surface area contributed by atoms with Crippen molar-refractivity contribution in [2.24, 2.45) is 0 Å². The minimum Gasteiger partial charge on any atom is -0.496 e. The van der Waals surface area contributed by atoms with Crippen molar-refractivity contribution < 1.29 is 4.74 Å². The first-order chi connectivity index (χ1) is 9.40. The monoisotopic (exact) mass is 251 g/mol. The van der Waals surface area contributed by atoms with Gasteiger partial charge in [-0.3, -0.25) is 0 Å². The molecule has 4 heteroatoms. The molecule has 0 aliphatic rings. The van der Waals surface area contributed by atoms with E-state index >= 15 is 0 Å². The van der Waals surface area contributed by atoms with Gasteiger partial charge in [-0.15, -0.1) is 0 Å². The maximum absolute atomic E-state index is 5.40. The van der Waals surface area contributed by atoms with Crippen molar-refractivity contribution in [1.29, 1.82) is 0 Å². The number of rotatable bonds is 3. The topological polar surface area (TPSA) is 39.9 Å². The van der Waals surface area contributed by atoms with E-state index in [-0.39, 0.29) is 0 Å². The Morgan fingerprint density at radius 1 is 0.947 bits per heavy atom. The van der Waals surface area contributed by atoms with Crippen molar-refractivity contribution in [3.8, 4) is 22.8 Å². The van der Waals surface area contributed by atoms with Crippen LogP contribution in [0.4, 0.5) is 0 Å². The van der Waals surface area contributed by atoms with Crippen molar-refractivity contribution in [2.75, 3.05) is 7.11 Å². The zero-order valence-electron chi connectivity index (χ0n) is 10.5. The van der Waals surface area contributed by atoms with Crippen LogP contribution in [0.25, 0.3) is 17.1 Å². The first-order valence-corrected chi connectivity index (χ1v) is 5.99. The standard InChI is InChI=1S/C15H13N3O/c1-19-14-7-3-2-6-12(14)13-9-11-17-18(13)15-8-4-5-10-16-15/h2-11H,1H3. The third-order valence-electron chi connectivity index (χ3n) is 2.89. The van der Waals surface area contributed by atoms with E-state index in [0.29, 0.717) is 0 Å². The van der Waals surface area contributed by atoms with Gasteiger partial charge in [0.1, 0.15) is 5.75 Å². The average Bonchev–Trinajstić information content (AvgIpc) is 2.97. The third-order valence-corrected chi connectivity index (χ3v) is 2.89. The quantitative estimate of drug-likeness (QED) is 0.718. The summed E-state index contributed by atoms with van der Waals surface area (Å²) in [5.74, 6) is 1.61. The maximum Gasteiger partial charge on any atom is 0.153 e. The second kappa shape index (κ2) is 4.94. The van der Waals surface area contributed by atoms with Gasteiger partial charge < -0.3 is 4.74 Å². The van der Waals surface area contributed by atoms with Gasteiger partial charge in [0.25, 0.3) is 0 Å². The lowest BCUT2D eigenvalue weighted by atomic mass is 10.1. The summed E-state index contributed by atoms with van der Waals surface area (Å²) < 4.78 is 7.20. The van der Waals surface area contributed by atoms with Gasteiger partial charge in [0, 0.05) is 11.8 Å². The Bertz CT molecular complexity index is 677. The predicted molar refractivity (Wildman–Crippen MR) is 73.3 cm³/mol. The highest BCUT2D eigenvalue weighted by Crippen LogP contribution is 2.30. The van der Waals surface area contributed by atoms with Gasteiger partial charge in [-0.1, -0.05) is 18.2 Å². The molecule has 1 aromatic carbocycles. The van der Waals surface area contributed by atoms with Crippen molar-refractivity contribution in [1.82, 2.24) is 14.8 Å². The van der Waals surface area contributed by atoms with Crippen molar-refractivity contribution in [3.63, 3.8) is 0 Å². The van der Waals surface area contributed by atoms with Gasteiger partial charge in [-0.05, 0) is 30.3 Å². The molecular weight excluding hydrogens is 238 g/mol. The fraction of sp³-hybridized carbons (Fsp3) is 0.0667. The molecule has 0 radical (unpaired) electrons. The molecule has 2 aromatic heterocycles. The molecule has 0 bridgehead atoms. The minimum atomic E-state index is 0.786. The summed E-state index contributed by atoms with van der Waals surface area (Å²) in [4.78, 5) is 4.32. The van der Waals surface area contributed by atoms with Gasteiger partial charge in [-0.25, -0.2) is 9.67 Å². The van der Waals surface area contributed by atoms with Crippen LogP contribution in [0.2, 0.25) is 0 Å². The Balaban J connectivity index is 2.15. The van der Waals surface area contributed by atoms with Gasteiger partial charge in [0.05, 0.1) is 19.0 Å². The third kappa shape index (κ3) is 2.08. The van der Waals surface area contributed by atoms with Crippen LogP contribution in [0, 0.1) is 0 Å². The molecule has 0 saturated carbocycles. The molecule has 2 heterocycles. The lowest BCUT2D eigenvalue weighted by Crippen LogP contribution is -2.01. The summed E-state index contributed by atoms with van der Waals surface area (Å²) in [7, 11) is 1.67. The fourth-order valence-corrected chi connectivity index (χ4v) is 2.03. The second-order valence-corrected chi connectivity index (χ2v) is 4.02. The van der Waals surface area contributed by atoms with Crippen molar-refractivity contribution in [2.45, 2.75) is 0 Å². The Morgan fingerprint density at radius 3 is 2.58 bits per heavy atom. The number of hydrogen-bond acceptors (Lipinski definition) is 3. The van der Waals surface area contributed by atoms with E-state index in [2.05, 4.69) is 10.1 Å². The molecular formula is C15H13N3O. The van der Waals surface area contributed by atoms with Crippen LogP contribution in [0.15, 0.2) is 60.9 Å². The van der Waals surface area contributed by atoms with E-state index in [1.165, 1.54) is 0 Å². The summed E-state index contributed by atoms with van der Waals surface area (Å²) in [5.41, 5.74) is 1.95. The van der Waals surface area contributed by atoms with E-state index in [1.807, 2.05) is 48.5 Å². The highest BCUT2D eigenvalue weighted by Gasteiger charge is 2.11. The zero-order valence-corrected chi connectivity index (χ0v) is 10.5. The van der Waals surface area contributed by atoms with E-state index in [1.54, 1.807) is 24.2 Å². The summed E-state index contributed by atoms with van der Waals surface area (Å²) in [6.07, 6.45) is 3.51. The summed E-state index contributed by atoms with van der Waals surface area (Å²) in [5, 5.41) is 4.34. The summed E-state index contributed by atoms with van der Waals surface area (Å²) >= 11 is 0. The second-order valence-electron chi connectivity index (χ2n) is 4.02. The number of ether oxygens (including phenoxy) is 1. The molecule has 0 amide bonds. The molecule has 0 N–H and O–H groups in total. The van der Waals surface area contributed by atoms with Gasteiger partial charge in [-0.2, -0.15) is 5.10 Å². The molecule has 0 atom stereocenters. The molecule has 0 aliphatic carbocycles. The van der Waals surface area contributed by atoms with Crippen molar-refractivity contribution >= 4 is 0 Å². The average molecular weight is 251 g/mol. The Hall–Kier alpha value is -2.62. The number of para-hydroxylation sites is 1. The molecule has 4 nitrogen and oxygen atoms in total. The highest BCUT2D eigenvalue weighted by atomic mass is 16.5. The number of pyridine rings is 1. The first-order valence-electron chi connectivity index (χ1n) is 5.99. The lowest BCUT2D eigenvalue weighted by molar-refractivity contribution is 0.416. The molecule has 94 valence electrons. The van der Waals surface area contributed by atoms with E-state index in [4.69, 9.17) is 4.74 Å². The number of aromatic nitrogens is 3. The number of methoxy groups -OCH3 is 1. The molecule has 0 spiro atoms. The molecule has 0 saturated heterocycles. The Morgan fingerprint density at radius 2 is 1.79 bits per heavy atom. The molecule has 19 heavy (non-hydrogen) atoms. The fourth-order valence-electron chi connectivity index (χ4n) is 2.03. The number of nitrogens with zero attached hydrogens (tertiary/aromatic N) is 3. The van der Waals surface area contributed by atoms with Crippen LogP contribution < -0.4 is 4.74 Å². The lowest BCUT2D eigenvalue weighted by Gasteiger charge is -2.10. The largest absolute Gasteiger partial charge is 0.496 e. The number of hydrogen-bond donors (Lipinski definition) is 0. The van der Waals surface area contributed by atoms with Crippen LogP contribution >= 0.6 is 0 Å². The van der Waals surface area contributed by atoms with Crippen molar-refractivity contribution in [3.05, 3.63) is 60.9 Å². The van der Waals surface area contributed by atoms with Crippen LogP contribution in [0.5, 0.6) is 5.75 Å². The predicted octanol–water partition coefficient (Wildman–Crippen LogP) is 2.94. The maximum atomic E-state index is 5.40. The summed E-state index contributed by atoms with van der Waals surface area (Å²) in [6.45, 7) is 0. The van der Waals surface area contributed by atoms with E-state index in [0.717, 1.165) is 22.8 Å². The molecule has 3 aromatic rings. The van der Waals surface area contributed by atoms with E-state index in [9.17, 15) is 0 Å². The first kappa shape index (κ1) is 11.5. The molecule has 0 unspecified atom stereocenters. The highest BCUT2D eigenvalue weighted by molar-refractivity contribution is 5.68. The van der Waals surface area contributed by atoms with Crippen LogP contribution in [0.3, 0.4) is 0 Å². The van der Waals surface area contributed by atoms with Gasteiger partial charge >= 0.3 is 0 Å². The van der Waals surface area contributed by atoms with Gasteiger partial charge in [0.2, 0.25) is 0 Å². The number of benzene rings is 1.